The first-order valence-corrected chi connectivity index (χ1v) is 10.2. The van der Waals surface area contributed by atoms with Crippen molar-refractivity contribution < 1.29 is 9.59 Å². The molecule has 0 heterocycles. The number of benzene rings is 2. The summed E-state index contributed by atoms with van der Waals surface area (Å²) in [6, 6.07) is 17.4. The van der Waals surface area contributed by atoms with Gasteiger partial charge in [-0.25, -0.2) is 0 Å². The number of aryl methyl sites for hydroxylation is 1. The zero-order valence-corrected chi connectivity index (χ0v) is 17.3. The third-order valence-corrected chi connectivity index (χ3v) is 4.85. The van der Waals surface area contributed by atoms with E-state index < -0.39 is 6.04 Å². The number of hydrogen-bond acceptors (Lipinski definition) is 2. The van der Waals surface area contributed by atoms with Crippen LogP contribution >= 0.6 is 0 Å². The average molecular weight is 381 g/mol. The number of amides is 2. The second-order valence-corrected chi connectivity index (χ2v) is 7.24. The minimum absolute atomic E-state index is 0.0230. The van der Waals surface area contributed by atoms with Crippen LogP contribution in [0.5, 0.6) is 0 Å². The third kappa shape index (κ3) is 6.52. The lowest BCUT2D eigenvalue weighted by molar-refractivity contribution is -0.140. The lowest BCUT2D eigenvalue weighted by Crippen LogP contribution is -2.49. The smallest absolute Gasteiger partial charge is 0.242 e. The topological polar surface area (TPSA) is 49.4 Å². The molecular weight excluding hydrogens is 348 g/mol. The Bertz CT molecular complexity index is 758. The monoisotopic (exact) mass is 380 g/mol. The highest BCUT2D eigenvalue weighted by Gasteiger charge is 2.28. The zero-order valence-electron chi connectivity index (χ0n) is 17.3. The zero-order chi connectivity index (χ0) is 20.4. The summed E-state index contributed by atoms with van der Waals surface area (Å²) in [5.41, 5.74) is 3.15. The highest BCUT2D eigenvalue weighted by molar-refractivity contribution is 5.88. The summed E-state index contributed by atoms with van der Waals surface area (Å²) in [5.74, 6) is -0.0878. The molecule has 1 atom stereocenters. The number of rotatable bonds is 10. The van der Waals surface area contributed by atoms with Gasteiger partial charge in [-0.2, -0.15) is 0 Å². The average Bonchev–Trinajstić information content (AvgIpc) is 2.69. The molecule has 0 bridgehead atoms. The van der Waals surface area contributed by atoms with Crippen molar-refractivity contribution in [3.63, 3.8) is 0 Å². The summed E-state index contributed by atoms with van der Waals surface area (Å²) in [7, 11) is 0. The van der Waals surface area contributed by atoms with Gasteiger partial charge in [-0.3, -0.25) is 9.59 Å². The van der Waals surface area contributed by atoms with Crippen LogP contribution in [0.3, 0.4) is 0 Å². The van der Waals surface area contributed by atoms with Crippen LogP contribution in [0.15, 0.2) is 54.6 Å². The van der Waals surface area contributed by atoms with E-state index in [1.165, 1.54) is 0 Å². The van der Waals surface area contributed by atoms with Crippen molar-refractivity contribution in [1.29, 1.82) is 0 Å². The number of carbonyl (C=O) groups excluding carboxylic acids is 2. The highest BCUT2D eigenvalue weighted by atomic mass is 16.2. The molecule has 2 aromatic rings. The molecule has 150 valence electrons. The third-order valence-electron chi connectivity index (χ3n) is 4.85. The van der Waals surface area contributed by atoms with Gasteiger partial charge in [0, 0.05) is 13.1 Å². The molecule has 2 amide bonds. The van der Waals surface area contributed by atoms with E-state index in [1.807, 2.05) is 62.4 Å². The Labute approximate surface area is 169 Å². The molecule has 0 aliphatic rings. The second-order valence-electron chi connectivity index (χ2n) is 7.24. The van der Waals surface area contributed by atoms with Crippen molar-refractivity contribution >= 4 is 11.8 Å². The Morgan fingerprint density at radius 2 is 1.71 bits per heavy atom. The maximum atomic E-state index is 13.2. The van der Waals surface area contributed by atoms with Crippen LogP contribution in [0.1, 0.15) is 49.8 Å². The number of nitrogens with one attached hydrogen (secondary N) is 1. The van der Waals surface area contributed by atoms with Crippen LogP contribution in [0.25, 0.3) is 0 Å². The SMILES string of the molecule is CCCCNC(=O)C(CC)N(Cc1cccc(C)c1)C(=O)Cc1ccccc1. The van der Waals surface area contributed by atoms with Gasteiger partial charge in [-0.15, -0.1) is 0 Å². The summed E-state index contributed by atoms with van der Waals surface area (Å²) < 4.78 is 0. The highest BCUT2D eigenvalue weighted by Crippen LogP contribution is 2.15. The van der Waals surface area contributed by atoms with Gasteiger partial charge >= 0.3 is 0 Å². The van der Waals surface area contributed by atoms with Gasteiger partial charge in [0.15, 0.2) is 0 Å². The van der Waals surface area contributed by atoms with E-state index in [-0.39, 0.29) is 11.8 Å². The van der Waals surface area contributed by atoms with E-state index in [1.54, 1.807) is 4.90 Å². The molecule has 0 radical (unpaired) electrons. The fourth-order valence-electron chi connectivity index (χ4n) is 3.30. The summed E-state index contributed by atoms with van der Waals surface area (Å²) in [6.45, 7) is 7.18. The predicted molar refractivity (Wildman–Crippen MR) is 114 cm³/mol. The van der Waals surface area contributed by atoms with Crippen molar-refractivity contribution in [3.05, 3.63) is 71.3 Å². The van der Waals surface area contributed by atoms with Crippen LogP contribution in [-0.4, -0.2) is 29.3 Å². The van der Waals surface area contributed by atoms with Crippen molar-refractivity contribution in [2.45, 2.75) is 59.0 Å². The van der Waals surface area contributed by atoms with Gasteiger partial charge in [0.25, 0.3) is 0 Å². The molecule has 4 nitrogen and oxygen atoms in total. The van der Waals surface area contributed by atoms with Crippen molar-refractivity contribution in [3.8, 4) is 0 Å². The van der Waals surface area contributed by atoms with Crippen molar-refractivity contribution in [2.75, 3.05) is 6.54 Å². The maximum Gasteiger partial charge on any atom is 0.242 e. The largest absolute Gasteiger partial charge is 0.354 e. The molecule has 0 fully saturated rings. The fraction of sp³-hybridized carbons (Fsp3) is 0.417. The first-order valence-electron chi connectivity index (χ1n) is 10.2. The normalized spacial score (nSPS) is 11.7. The number of nitrogens with zero attached hydrogens (tertiary/aromatic N) is 1. The van der Waals surface area contributed by atoms with Crippen LogP contribution in [0.4, 0.5) is 0 Å². The molecule has 28 heavy (non-hydrogen) atoms. The van der Waals surface area contributed by atoms with Gasteiger partial charge in [0.2, 0.25) is 11.8 Å². The Morgan fingerprint density at radius 1 is 1.00 bits per heavy atom. The quantitative estimate of drug-likeness (QED) is 0.626. The summed E-state index contributed by atoms with van der Waals surface area (Å²) >= 11 is 0. The minimum Gasteiger partial charge on any atom is -0.354 e. The van der Waals surface area contributed by atoms with E-state index in [0.717, 1.165) is 29.5 Å². The fourth-order valence-corrected chi connectivity index (χ4v) is 3.30. The van der Waals surface area contributed by atoms with Crippen LogP contribution in [0.2, 0.25) is 0 Å². The van der Waals surface area contributed by atoms with Crippen molar-refractivity contribution in [1.82, 2.24) is 10.2 Å². The van der Waals surface area contributed by atoms with Gasteiger partial charge in [0.05, 0.1) is 6.42 Å². The standard InChI is InChI=1S/C24H32N2O2/c1-4-6-15-25-24(28)22(5-2)26(18-21-14-10-11-19(3)16-21)23(27)17-20-12-8-7-9-13-20/h7-14,16,22H,4-6,15,17-18H2,1-3H3,(H,25,28). The number of carbonyl (C=O) groups is 2. The van der Waals surface area contributed by atoms with E-state index >= 15 is 0 Å². The van der Waals surface area contributed by atoms with Gasteiger partial charge in [-0.1, -0.05) is 80.4 Å². The van der Waals surface area contributed by atoms with Crippen LogP contribution < -0.4 is 5.32 Å². The molecule has 0 aliphatic heterocycles. The lowest BCUT2D eigenvalue weighted by atomic mass is 10.1. The van der Waals surface area contributed by atoms with Crippen LogP contribution in [0, 0.1) is 6.92 Å². The van der Waals surface area contributed by atoms with Crippen LogP contribution in [-0.2, 0) is 22.6 Å². The molecule has 0 aliphatic carbocycles. The minimum atomic E-state index is -0.464. The summed E-state index contributed by atoms with van der Waals surface area (Å²) in [5, 5.41) is 3.00. The van der Waals surface area contributed by atoms with Gasteiger partial charge in [0.1, 0.15) is 6.04 Å². The molecule has 0 saturated heterocycles. The molecule has 0 aromatic heterocycles. The van der Waals surface area contributed by atoms with E-state index in [2.05, 4.69) is 18.3 Å². The Morgan fingerprint density at radius 3 is 2.36 bits per heavy atom. The molecule has 2 rings (SSSR count). The van der Waals surface area contributed by atoms with E-state index in [4.69, 9.17) is 0 Å². The molecule has 0 saturated carbocycles. The van der Waals surface area contributed by atoms with Gasteiger partial charge < -0.3 is 10.2 Å². The molecule has 2 aromatic carbocycles. The summed E-state index contributed by atoms with van der Waals surface area (Å²) in [6.07, 6.45) is 2.85. The second kappa shape index (κ2) is 11.3. The maximum absolute atomic E-state index is 13.2. The Kier molecular flexibility index (Phi) is 8.73. The number of unbranched alkanes of at least 4 members (excludes halogenated alkanes) is 1. The first-order chi connectivity index (χ1) is 13.5. The lowest BCUT2D eigenvalue weighted by Gasteiger charge is -2.31. The molecular formula is C24H32N2O2. The van der Waals surface area contributed by atoms with Gasteiger partial charge in [-0.05, 0) is 30.9 Å². The van der Waals surface area contributed by atoms with E-state index in [0.29, 0.717) is 25.9 Å². The Balaban J connectivity index is 2.22. The van der Waals surface area contributed by atoms with E-state index in [9.17, 15) is 9.59 Å². The molecule has 1 N–H and O–H groups in total. The molecule has 1 unspecified atom stereocenters. The Hall–Kier alpha value is -2.62. The number of hydrogen-bond donors (Lipinski definition) is 1. The van der Waals surface area contributed by atoms with Crippen molar-refractivity contribution in [2.24, 2.45) is 0 Å². The predicted octanol–water partition coefficient (Wildman–Crippen LogP) is 4.26. The summed E-state index contributed by atoms with van der Waals surface area (Å²) in [4.78, 5) is 27.7. The first kappa shape index (κ1) is 21.7. The molecule has 4 heteroatoms. The molecule has 0 spiro atoms.